The molecule has 0 fully saturated rings. The molecule has 0 aliphatic heterocycles. The van der Waals surface area contributed by atoms with Crippen LogP contribution in [0, 0.1) is 4.77 Å². The summed E-state index contributed by atoms with van der Waals surface area (Å²) in [6.45, 7) is 2.19. The number of imidazole rings is 1. The number of H-pyrrole nitrogens is 1. The van der Waals surface area contributed by atoms with Gasteiger partial charge in [-0.05, 0) is 36.3 Å². The summed E-state index contributed by atoms with van der Waals surface area (Å²) in [6.07, 6.45) is 2.31. The quantitative estimate of drug-likeness (QED) is 0.748. The Kier molecular flexibility index (Phi) is 2.42. The molecular formula is C11H14N2S. The molecule has 2 rings (SSSR count). The lowest BCUT2D eigenvalue weighted by Crippen LogP contribution is -1.88. The van der Waals surface area contributed by atoms with E-state index in [1.54, 1.807) is 0 Å². The first-order valence-corrected chi connectivity index (χ1v) is 5.31. The monoisotopic (exact) mass is 206 g/mol. The maximum atomic E-state index is 5.17. The minimum atomic E-state index is 0.786. The molecule has 2 aromatic rings. The third kappa shape index (κ3) is 1.48. The van der Waals surface area contributed by atoms with Crippen molar-refractivity contribution >= 4 is 23.3 Å². The SMILES string of the molecule is CCCc1ccc2[nH]c(=S)n(C)c2c1. The van der Waals surface area contributed by atoms with E-state index in [1.165, 1.54) is 17.5 Å². The fourth-order valence-corrected chi connectivity index (χ4v) is 1.92. The van der Waals surface area contributed by atoms with Gasteiger partial charge in [-0.25, -0.2) is 0 Å². The van der Waals surface area contributed by atoms with Crippen molar-refractivity contribution in [1.82, 2.24) is 9.55 Å². The van der Waals surface area contributed by atoms with E-state index in [9.17, 15) is 0 Å². The van der Waals surface area contributed by atoms with Crippen LogP contribution in [-0.2, 0) is 13.5 Å². The van der Waals surface area contributed by atoms with Crippen LogP contribution < -0.4 is 0 Å². The van der Waals surface area contributed by atoms with Gasteiger partial charge in [0.15, 0.2) is 4.77 Å². The third-order valence-corrected chi connectivity index (χ3v) is 2.88. The molecule has 0 spiro atoms. The highest BCUT2D eigenvalue weighted by Gasteiger charge is 2.01. The lowest BCUT2D eigenvalue weighted by atomic mass is 10.1. The molecule has 1 heterocycles. The smallest absolute Gasteiger partial charge is 0.177 e. The van der Waals surface area contributed by atoms with Gasteiger partial charge in [0.05, 0.1) is 11.0 Å². The van der Waals surface area contributed by atoms with Crippen molar-refractivity contribution in [2.75, 3.05) is 0 Å². The van der Waals surface area contributed by atoms with Gasteiger partial charge >= 0.3 is 0 Å². The van der Waals surface area contributed by atoms with Crippen molar-refractivity contribution < 1.29 is 0 Å². The summed E-state index contributed by atoms with van der Waals surface area (Å²) >= 11 is 5.17. The second-order valence-corrected chi connectivity index (χ2v) is 3.98. The summed E-state index contributed by atoms with van der Waals surface area (Å²) in [5.41, 5.74) is 3.70. The van der Waals surface area contributed by atoms with Crippen LogP contribution in [0.15, 0.2) is 18.2 Å². The molecule has 1 aromatic heterocycles. The van der Waals surface area contributed by atoms with Crippen LogP contribution in [-0.4, -0.2) is 9.55 Å². The van der Waals surface area contributed by atoms with E-state index in [4.69, 9.17) is 12.2 Å². The molecular weight excluding hydrogens is 192 g/mol. The Balaban J connectivity index is 2.63. The Hall–Kier alpha value is -1.09. The lowest BCUT2D eigenvalue weighted by molar-refractivity contribution is 0.910. The van der Waals surface area contributed by atoms with Gasteiger partial charge in [0.2, 0.25) is 0 Å². The molecule has 74 valence electrons. The van der Waals surface area contributed by atoms with Gasteiger partial charge in [0, 0.05) is 7.05 Å². The van der Waals surface area contributed by atoms with Gasteiger partial charge in [-0.1, -0.05) is 19.4 Å². The molecule has 0 bridgehead atoms. The van der Waals surface area contributed by atoms with Crippen molar-refractivity contribution in [3.05, 3.63) is 28.5 Å². The fraction of sp³-hybridized carbons (Fsp3) is 0.364. The number of aryl methyl sites for hydroxylation is 2. The number of hydrogen-bond acceptors (Lipinski definition) is 1. The zero-order valence-electron chi connectivity index (χ0n) is 8.50. The number of benzene rings is 1. The molecule has 0 aliphatic carbocycles. The molecule has 0 unspecified atom stereocenters. The predicted octanol–water partition coefficient (Wildman–Crippen LogP) is 3.19. The number of rotatable bonds is 2. The van der Waals surface area contributed by atoms with Crippen LogP contribution in [0.25, 0.3) is 11.0 Å². The van der Waals surface area contributed by atoms with E-state index < -0.39 is 0 Å². The second-order valence-electron chi connectivity index (χ2n) is 3.59. The average molecular weight is 206 g/mol. The topological polar surface area (TPSA) is 20.7 Å². The number of nitrogens with zero attached hydrogens (tertiary/aromatic N) is 1. The van der Waals surface area contributed by atoms with E-state index in [2.05, 4.69) is 30.1 Å². The number of fused-ring (bicyclic) bond motifs is 1. The zero-order valence-corrected chi connectivity index (χ0v) is 9.32. The molecule has 2 nitrogen and oxygen atoms in total. The Bertz CT molecular complexity index is 507. The lowest BCUT2D eigenvalue weighted by Gasteiger charge is -1.99. The van der Waals surface area contributed by atoms with Gasteiger partial charge in [-0.15, -0.1) is 0 Å². The Morgan fingerprint density at radius 1 is 1.43 bits per heavy atom. The van der Waals surface area contributed by atoms with Crippen LogP contribution in [0.3, 0.4) is 0 Å². The maximum Gasteiger partial charge on any atom is 0.177 e. The molecule has 0 saturated carbocycles. The van der Waals surface area contributed by atoms with Crippen molar-refractivity contribution in [3.8, 4) is 0 Å². The highest BCUT2D eigenvalue weighted by molar-refractivity contribution is 7.71. The minimum absolute atomic E-state index is 0.786. The molecule has 14 heavy (non-hydrogen) atoms. The molecule has 3 heteroatoms. The zero-order chi connectivity index (χ0) is 10.1. The van der Waals surface area contributed by atoms with Crippen molar-refractivity contribution in [2.24, 2.45) is 7.05 Å². The van der Waals surface area contributed by atoms with Crippen LogP contribution >= 0.6 is 12.2 Å². The first kappa shape index (κ1) is 9.46. The van der Waals surface area contributed by atoms with Gasteiger partial charge in [0.25, 0.3) is 0 Å². The van der Waals surface area contributed by atoms with Crippen LogP contribution in [0.1, 0.15) is 18.9 Å². The number of aromatic nitrogens is 2. The van der Waals surface area contributed by atoms with Gasteiger partial charge in [0.1, 0.15) is 0 Å². The van der Waals surface area contributed by atoms with Gasteiger partial charge in [-0.2, -0.15) is 0 Å². The number of hydrogen-bond donors (Lipinski definition) is 1. The molecule has 0 amide bonds. The predicted molar refractivity (Wildman–Crippen MR) is 62.1 cm³/mol. The highest BCUT2D eigenvalue weighted by atomic mass is 32.1. The molecule has 0 saturated heterocycles. The van der Waals surface area contributed by atoms with E-state index in [-0.39, 0.29) is 0 Å². The maximum absolute atomic E-state index is 5.17. The third-order valence-electron chi connectivity index (χ3n) is 2.51. The fourth-order valence-electron chi connectivity index (χ4n) is 1.71. The number of aromatic amines is 1. The van der Waals surface area contributed by atoms with Crippen LogP contribution in [0.5, 0.6) is 0 Å². The molecule has 0 aliphatic rings. The minimum Gasteiger partial charge on any atom is -0.331 e. The van der Waals surface area contributed by atoms with Gasteiger partial charge in [-0.3, -0.25) is 0 Å². The summed E-state index contributed by atoms with van der Waals surface area (Å²) in [5.74, 6) is 0. The van der Waals surface area contributed by atoms with Crippen molar-refractivity contribution in [3.63, 3.8) is 0 Å². The highest BCUT2D eigenvalue weighted by Crippen LogP contribution is 2.15. The summed E-state index contributed by atoms with van der Waals surface area (Å²) in [4.78, 5) is 3.17. The molecule has 1 aromatic carbocycles. The number of nitrogens with one attached hydrogen (secondary N) is 1. The Morgan fingerprint density at radius 2 is 2.21 bits per heavy atom. The summed E-state index contributed by atoms with van der Waals surface area (Å²) < 4.78 is 2.80. The Morgan fingerprint density at radius 3 is 2.93 bits per heavy atom. The summed E-state index contributed by atoms with van der Waals surface area (Å²) in [7, 11) is 2.00. The normalized spacial score (nSPS) is 11.0. The summed E-state index contributed by atoms with van der Waals surface area (Å²) in [6, 6.07) is 6.48. The van der Waals surface area contributed by atoms with Crippen LogP contribution in [0.4, 0.5) is 0 Å². The van der Waals surface area contributed by atoms with E-state index in [0.717, 1.165) is 16.7 Å². The van der Waals surface area contributed by atoms with Crippen molar-refractivity contribution in [2.45, 2.75) is 19.8 Å². The molecule has 0 radical (unpaired) electrons. The molecule has 1 N–H and O–H groups in total. The van der Waals surface area contributed by atoms with E-state index >= 15 is 0 Å². The average Bonchev–Trinajstić information content (AvgIpc) is 2.45. The molecule has 0 atom stereocenters. The van der Waals surface area contributed by atoms with E-state index in [0.29, 0.717) is 0 Å². The standard InChI is InChI=1S/C11H14N2S/c1-3-4-8-5-6-9-10(7-8)13(2)11(14)12-9/h5-7H,3-4H2,1-2H3,(H,12,14). The largest absolute Gasteiger partial charge is 0.331 e. The first-order valence-electron chi connectivity index (χ1n) is 4.90. The van der Waals surface area contributed by atoms with Gasteiger partial charge < -0.3 is 9.55 Å². The first-order chi connectivity index (χ1) is 6.72. The van der Waals surface area contributed by atoms with Crippen molar-refractivity contribution in [1.29, 1.82) is 0 Å². The van der Waals surface area contributed by atoms with Crippen LogP contribution in [0.2, 0.25) is 0 Å². The second kappa shape index (κ2) is 3.58. The summed E-state index contributed by atoms with van der Waals surface area (Å²) in [5, 5.41) is 0. The Labute approximate surface area is 88.6 Å². The van der Waals surface area contributed by atoms with E-state index in [1.807, 2.05) is 11.6 Å².